The van der Waals surface area contributed by atoms with Crippen LogP contribution in [-0.4, -0.2) is 93.5 Å². The summed E-state index contributed by atoms with van der Waals surface area (Å²) in [5, 5.41) is 33.9. The third-order valence-electron chi connectivity index (χ3n) is 10.7. The molecule has 0 amide bonds. The maximum absolute atomic E-state index is 13.8. The van der Waals surface area contributed by atoms with Gasteiger partial charge < -0.3 is 43.8 Å². The monoisotopic (exact) mass is 979 g/mol. The number of H-pyrrole nitrogens is 1. The predicted molar refractivity (Wildman–Crippen MR) is 260 cm³/mol. The Morgan fingerprint density at radius 3 is 2.03 bits per heavy atom. The zero-order chi connectivity index (χ0) is 48.2. The number of anilines is 6. The van der Waals surface area contributed by atoms with Crippen LogP contribution in [0.15, 0.2) is 96.3 Å². The summed E-state index contributed by atoms with van der Waals surface area (Å²) in [6.45, 7) is 10.1. The lowest BCUT2D eigenvalue weighted by molar-refractivity contribution is 0.0872. The number of hydrogen-bond donors (Lipinski definition) is 3. The van der Waals surface area contributed by atoms with E-state index in [2.05, 4.69) is 69.3 Å². The summed E-state index contributed by atoms with van der Waals surface area (Å²) in [4.78, 5) is 39.3. The Morgan fingerprint density at radius 2 is 1.44 bits per heavy atom. The van der Waals surface area contributed by atoms with Gasteiger partial charge in [-0.1, -0.05) is 29.3 Å². The van der Waals surface area contributed by atoms with E-state index in [4.69, 9.17) is 38.9 Å². The Kier molecular flexibility index (Phi) is 15.0. The van der Waals surface area contributed by atoms with Gasteiger partial charge in [0.25, 0.3) is 0 Å². The van der Waals surface area contributed by atoms with Gasteiger partial charge >= 0.3 is 0 Å². The van der Waals surface area contributed by atoms with E-state index >= 15 is 0 Å². The summed E-state index contributed by atoms with van der Waals surface area (Å²) in [6, 6.07) is 23.8. The van der Waals surface area contributed by atoms with E-state index in [-0.39, 0.29) is 24.5 Å². The molecule has 3 N–H and O–H groups in total. The maximum atomic E-state index is 13.8. The van der Waals surface area contributed by atoms with Crippen molar-refractivity contribution in [3.63, 3.8) is 0 Å². The van der Waals surface area contributed by atoms with Crippen LogP contribution in [-0.2, 0) is 34.0 Å². The highest BCUT2D eigenvalue weighted by molar-refractivity contribution is 7.16. The molecule has 9 heterocycles. The molecule has 0 atom stereocenters. The van der Waals surface area contributed by atoms with Crippen LogP contribution in [0.25, 0.3) is 17.0 Å². The van der Waals surface area contributed by atoms with E-state index in [1.165, 1.54) is 53.3 Å². The Bertz CT molecular complexity index is 3200. The molecule has 0 spiro atoms. The van der Waals surface area contributed by atoms with Crippen molar-refractivity contribution in [2.75, 3.05) is 73.0 Å². The number of carbonyl (C=O) groups is 1. The molecule has 7 aromatic heterocycles. The molecular formula is C48H42FN13O6S2. The molecule has 0 aliphatic carbocycles. The van der Waals surface area contributed by atoms with Crippen molar-refractivity contribution < 1.29 is 32.5 Å². The number of nitriles is 2. The number of nitrogens with zero attached hydrogens (tertiary/aromatic N) is 10. The van der Waals surface area contributed by atoms with Crippen molar-refractivity contribution in [1.29, 1.82) is 10.5 Å². The van der Waals surface area contributed by atoms with Crippen LogP contribution in [0.5, 0.6) is 5.75 Å². The van der Waals surface area contributed by atoms with Gasteiger partial charge in [0.05, 0.1) is 73.6 Å². The minimum atomic E-state index is -0.848. The number of hydrogen-bond acceptors (Lipinski definition) is 20. The summed E-state index contributed by atoms with van der Waals surface area (Å²) in [5.74, 6) is 0.931. The van der Waals surface area contributed by atoms with Gasteiger partial charge in [-0.3, -0.25) is 9.89 Å². The lowest BCUT2D eigenvalue weighted by Gasteiger charge is -2.29. The van der Waals surface area contributed by atoms with Crippen LogP contribution in [0, 0.1) is 28.6 Å². The van der Waals surface area contributed by atoms with Gasteiger partial charge in [-0.2, -0.15) is 20.0 Å². The second kappa shape index (κ2) is 22.3. The number of ketones is 1. The summed E-state index contributed by atoms with van der Waals surface area (Å²) in [5.41, 5.74) is 4.99. The van der Waals surface area contributed by atoms with E-state index in [0.717, 1.165) is 65.6 Å². The van der Waals surface area contributed by atoms with Crippen molar-refractivity contribution >= 4 is 78.7 Å². The van der Waals surface area contributed by atoms with Crippen LogP contribution in [0.1, 0.15) is 48.7 Å². The molecule has 0 unspecified atom stereocenters. The number of furan rings is 1. The highest BCUT2D eigenvalue weighted by atomic mass is 32.1. The second-order valence-corrected chi connectivity index (χ2v) is 17.4. The molecule has 0 radical (unpaired) electrons. The number of morpholine rings is 2. The van der Waals surface area contributed by atoms with E-state index in [0.29, 0.717) is 76.1 Å². The van der Waals surface area contributed by atoms with Crippen LogP contribution >= 0.6 is 22.7 Å². The number of carbonyl (C=O) groups excluding carboxylic acids is 1. The number of thiazole rings is 2. The molecule has 2 aliphatic rings. The summed E-state index contributed by atoms with van der Waals surface area (Å²) >= 11 is 2.52. The van der Waals surface area contributed by atoms with Gasteiger partial charge in [0.2, 0.25) is 11.7 Å². The zero-order valence-corrected chi connectivity index (χ0v) is 38.9. The number of halogens is 1. The van der Waals surface area contributed by atoms with Gasteiger partial charge in [-0.05, 0) is 60.7 Å². The number of fused-ring (bicyclic) bond motifs is 1. The van der Waals surface area contributed by atoms with Crippen molar-refractivity contribution in [3.05, 3.63) is 142 Å². The first-order valence-corrected chi connectivity index (χ1v) is 23.4. The Balaban J connectivity index is 0.000000175. The highest BCUT2D eigenvalue weighted by Crippen LogP contribution is 2.29. The van der Waals surface area contributed by atoms with Crippen LogP contribution in [0.3, 0.4) is 0 Å². The maximum Gasteiger partial charge on any atom is 0.232 e. The summed E-state index contributed by atoms with van der Waals surface area (Å²) in [6.07, 6.45) is 6.04. The smallest absolute Gasteiger partial charge is 0.232 e. The Labute approximate surface area is 407 Å². The molecule has 10 rings (SSSR count). The van der Waals surface area contributed by atoms with E-state index in [1.54, 1.807) is 18.3 Å². The molecule has 2 saturated heterocycles. The van der Waals surface area contributed by atoms with Crippen molar-refractivity contribution in [2.45, 2.75) is 19.8 Å². The van der Waals surface area contributed by atoms with Crippen molar-refractivity contribution in [1.82, 2.24) is 35.1 Å². The minimum Gasteiger partial charge on any atom is -0.487 e. The molecule has 2 aliphatic heterocycles. The van der Waals surface area contributed by atoms with E-state index in [9.17, 15) is 9.18 Å². The SMILES string of the molecule is C=Cc1n[nH]c2ccc(OCc3cc(N4CCOCC4)cc(Nc4ncc(C#N)s4)n3)cc12.N#Cc1cnc(Nc2cc(N3CCOCC3)cc(COCc3ccc(C(=O)c4cccnc4F)o3)n2)s1. The molecule has 354 valence electrons. The molecule has 8 aromatic rings. The topological polar surface area (TPSA) is 238 Å². The Hall–Kier alpha value is -8.12. The molecule has 19 nitrogen and oxygen atoms in total. The number of pyridine rings is 3. The first-order valence-electron chi connectivity index (χ1n) is 21.8. The number of rotatable bonds is 16. The van der Waals surface area contributed by atoms with Crippen molar-refractivity contribution in [3.8, 4) is 17.9 Å². The molecule has 70 heavy (non-hydrogen) atoms. The van der Waals surface area contributed by atoms with Gasteiger partial charge in [-0.25, -0.2) is 24.9 Å². The van der Waals surface area contributed by atoms with Gasteiger partial charge in [0, 0.05) is 61.3 Å². The zero-order valence-electron chi connectivity index (χ0n) is 37.3. The lowest BCUT2D eigenvalue weighted by Crippen LogP contribution is -2.36. The molecular weight excluding hydrogens is 938 g/mol. The third kappa shape index (κ3) is 11.8. The van der Waals surface area contributed by atoms with Crippen LogP contribution in [0.4, 0.5) is 37.7 Å². The fraction of sp³-hybridized carbons (Fsp3) is 0.229. The first kappa shape index (κ1) is 47.0. The highest BCUT2D eigenvalue weighted by Gasteiger charge is 2.20. The Morgan fingerprint density at radius 1 is 0.814 bits per heavy atom. The van der Waals surface area contributed by atoms with Gasteiger partial charge in [0.15, 0.2) is 16.0 Å². The van der Waals surface area contributed by atoms with E-state index in [1.807, 2.05) is 42.5 Å². The normalized spacial score (nSPS) is 13.5. The molecule has 1 aromatic carbocycles. The second-order valence-electron chi connectivity index (χ2n) is 15.4. The first-order chi connectivity index (χ1) is 34.3. The number of ether oxygens (including phenoxy) is 4. The molecule has 22 heteroatoms. The molecule has 2 fully saturated rings. The van der Waals surface area contributed by atoms with E-state index < -0.39 is 11.7 Å². The van der Waals surface area contributed by atoms with Crippen molar-refractivity contribution in [2.24, 2.45) is 0 Å². The molecule has 0 bridgehead atoms. The van der Waals surface area contributed by atoms with Crippen LogP contribution < -0.4 is 25.2 Å². The fourth-order valence-corrected chi connectivity index (χ4v) is 8.59. The number of benzene rings is 1. The quantitative estimate of drug-likeness (QED) is 0.0611. The predicted octanol–water partition coefficient (Wildman–Crippen LogP) is 8.15. The summed E-state index contributed by atoms with van der Waals surface area (Å²) < 4.78 is 42.3. The average Bonchev–Trinajstić information content (AvgIpc) is 4.24. The lowest BCUT2D eigenvalue weighted by atomic mass is 10.1. The number of aromatic nitrogens is 7. The average molecular weight is 980 g/mol. The fourth-order valence-electron chi connectivity index (χ4n) is 7.35. The van der Waals surface area contributed by atoms with Gasteiger partial charge in [0.1, 0.15) is 58.3 Å². The minimum absolute atomic E-state index is 0.00427. The largest absolute Gasteiger partial charge is 0.487 e. The number of nitrogens with one attached hydrogen (secondary N) is 3. The van der Waals surface area contributed by atoms with Crippen LogP contribution in [0.2, 0.25) is 0 Å². The number of aromatic amines is 1. The molecule has 0 saturated carbocycles. The standard InChI is InChI=1S/C25H21FN6O4S.C23H21N7O2S/c26-24-20(2-1-5-28-24)23(33)21-4-3-18(36-21)15-35-14-16-10-17(32-6-8-34-9-7-32)11-22(30-16)31-25-29-13-19(12-27)37-25;1-2-20-19-11-17(3-4-21(19)29-28-20)32-14-15-9-16(30-5-7-31-8-6-30)10-22(26-15)27-23-25-13-18(12-24)33-23/h1-5,10-11,13H,6-9,14-15H2,(H,29,30,31);2-4,9-11,13H,1,5-8,14H2,(H,28,29)(H,25,26,27). The van der Waals surface area contributed by atoms with Gasteiger partial charge in [-0.15, -0.1) is 0 Å². The third-order valence-corrected chi connectivity index (χ3v) is 12.3. The summed E-state index contributed by atoms with van der Waals surface area (Å²) in [7, 11) is 0.